The molecule has 6 heteroatoms. The molecule has 3 unspecified atom stereocenters. The number of nitrogens with zero attached hydrogens (tertiary/aromatic N) is 1. The first-order chi connectivity index (χ1) is 7.25. The molecule has 1 amide bonds. The van der Waals surface area contributed by atoms with Crippen molar-refractivity contribution in [2.45, 2.75) is 38.1 Å². The smallest absolute Gasteiger partial charge is 0.240 e. The van der Waals surface area contributed by atoms with E-state index in [1.807, 2.05) is 13.8 Å². The summed E-state index contributed by atoms with van der Waals surface area (Å²) in [5.74, 6) is -0.289. The van der Waals surface area contributed by atoms with Crippen LogP contribution in [-0.4, -0.2) is 55.9 Å². The Morgan fingerprint density at radius 3 is 2.50 bits per heavy atom. The molecular formula is C10H20N2O3S. The van der Waals surface area contributed by atoms with Gasteiger partial charge in [-0.3, -0.25) is 4.79 Å². The SMILES string of the molecule is CC1NCCN(C(=O)C(C)S(C)(=O)=O)C1C. The van der Waals surface area contributed by atoms with Gasteiger partial charge < -0.3 is 10.2 Å². The molecule has 1 aliphatic heterocycles. The van der Waals surface area contributed by atoms with Crippen LogP contribution in [0, 0.1) is 0 Å². The number of sulfone groups is 1. The second kappa shape index (κ2) is 4.71. The number of amides is 1. The summed E-state index contributed by atoms with van der Waals surface area (Å²) >= 11 is 0. The number of carbonyl (C=O) groups excluding carboxylic acids is 1. The molecular weight excluding hydrogens is 228 g/mol. The maximum atomic E-state index is 12.0. The van der Waals surface area contributed by atoms with Gasteiger partial charge in [-0.2, -0.15) is 0 Å². The zero-order valence-electron chi connectivity index (χ0n) is 10.2. The zero-order valence-corrected chi connectivity index (χ0v) is 11.0. The minimum atomic E-state index is -3.30. The molecule has 0 radical (unpaired) electrons. The van der Waals surface area contributed by atoms with Crippen LogP contribution in [0.5, 0.6) is 0 Å². The molecule has 0 bridgehead atoms. The Labute approximate surface area is 97.1 Å². The van der Waals surface area contributed by atoms with Crippen LogP contribution in [-0.2, 0) is 14.6 Å². The molecule has 0 spiro atoms. The highest BCUT2D eigenvalue weighted by Gasteiger charge is 2.34. The molecule has 0 saturated carbocycles. The van der Waals surface area contributed by atoms with Crippen LogP contribution in [0.1, 0.15) is 20.8 Å². The van der Waals surface area contributed by atoms with Gasteiger partial charge in [0.2, 0.25) is 5.91 Å². The third kappa shape index (κ3) is 2.74. The van der Waals surface area contributed by atoms with Gasteiger partial charge in [0.25, 0.3) is 0 Å². The van der Waals surface area contributed by atoms with E-state index in [-0.39, 0.29) is 18.0 Å². The first-order valence-corrected chi connectivity index (χ1v) is 7.43. The van der Waals surface area contributed by atoms with Gasteiger partial charge >= 0.3 is 0 Å². The van der Waals surface area contributed by atoms with Crippen molar-refractivity contribution >= 4 is 15.7 Å². The summed E-state index contributed by atoms with van der Waals surface area (Å²) in [6.45, 7) is 6.67. The summed E-state index contributed by atoms with van der Waals surface area (Å²) in [4.78, 5) is 13.7. The van der Waals surface area contributed by atoms with Crippen LogP contribution >= 0.6 is 0 Å². The molecule has 5 nitrogen and oxygen atoms in total. The third-order valence-electron chi connectivity index (χ3n) is 3.31. The number of hydrogen-bond acceptors (Lipinski definition) is 4. The van der Waals surface area contributed by atoms with E-state index in [1.165, 1.54) is 6.92 Å². The third-order valence-corrected chi connectivity index (χ3v) is 4.79. The quantitative estimate of drug-likeness (QED) is 0.724. The highest BCUT2D eigenvalue weighted by Crippen LogP contribution is 2.13. The van der Waals surface area contributed by atoms with Crippen LogP contribution in [0.3, 0.4) is 0 Å². The maximum absolute atomic E-state index is 12.0. The van der Waals surface area contributed by atoms with Crippen LogP contribution in [0.25, 0.3) is 0 Å². The Hall–Kier alpha value is -0.620. The van der Waals surface area contributed by atoms with Gasteiger partial charge in [-0.1, -0.05) is 0 Å². The average Bonchev–Trinajstić information content (AvgIpc) is 2.18. The summed E-state index contributed by atoms with van der Waals surface area (Å²) in [7, 11) is -3.30. The first-order valence-electron chi connectivity index (χ1n) is 5.48. The van der Waals surface area contributed by atoms with Crippen LogP contribution in [0.2, 0.25) is 0 Å². The van der Waals surface area contributed by atoms with Gasteiger partial charge in [-0.05, 0) is 20.8 Å². The lowest BCUT2D eigenvalue weighted by Crippen LogP contribution is -2.59. The van der Waals surface area contributed by atoms with Gasteiger partial charge in [0, 0.05) is 31.4 Å². The van der Waals surface area contributed by atoms with Crippen molar-refractivity contribution < 1.29 is 13.2 Å². The highest BCUT2D eigenvalue weighted by atomic mass is 32.2. The number of nitrogens with one attached hydrogen (secondary N) is 1. The number of carbonyl (C=O) groups is 1. The second-order valence-electron chi connectivity index (χ2n) is 4.49. The first kappa shape index (κ1) is 13.4. The van der Waals surface area contributed by atoms with Crippen molar-refractivity contribution in [2.75, 3.05) is 19.3 Å². The highest BCUT2D eigenvalue weighted by molar-refractivity contribution is 7.92. The molecule has 1 heterocycles. The molecule has 1 N–H and O–H groups in total. The van der Waals surface area contributed by atoms with E-state index >= 15 is 0 Å². The fourth-order valence-electron chi connectivity index (χ4n) is 1.78. The molecule has 16 heavy (non-hydrogen) atoms. The molecule has 0 aliphatic carbocycles. The predicted molar refractivity (Wildman–Crippen MR) is 62.9 cm³/mol. The Kier molecular flexibility index (Phi) is 3.96. The van der Waals surface area contributed by atoms with Gasteiger partial charge in [0.15, 0.2) is 9.84 Å². The van der Waals surface area contributed by atoms with Crippen LogP contribution in [0.15, 0.2) is 0 Å². The van der Waals surface area contributed by atoms with E-state index in [0.29, 0.717) is 13.1 Å². The van der Waals surface area contributed by atoms with Crippen molar-refractivity contribution in [1.82, 2.24) is 10.2 Å². The molecule has 94 valence electrons. The lowest BCUT2D eigenvalue weighted by molar-refractivity contribution is -0.134. The Bertz CT molecular complexity index is 366. The lowest BCUT2D eigenvalue weighted by Gasteiger charge is -2.39. The fourth-order valence-corrected chi connectivity index (χ4v) is 2.29. The predicted octanol–water partition coefficient (Wildman–Crippen LogP) is -0.372. The molecule has 0 aromatic heterocycles. The summed E-state index contributed by atoms with van der Waals surface area (Å²) in [5, 5.41) is 2.31. The van der Waals surface area contributed by atoms with E-state index in [9.17, 15) is 13.2 Å². The van der Waals surface area contributed by atoms with E-state index in [4.69, 9.17) is 0 Å². The molecule has 1 saturated heterocycles. The topological polar surface area (TPSA) is 66.5 Å². The largest absolute Gasteiger partial charge is 0.336 e. The monoisotopic (exact) mass is 248 g/mol. The lowest BCUT2D eigenvalue weighted by atomic mass is 10.1. The van der Waals surface area contributed by atoms with Gasteiger partial charge in [-0.15, -0.1) is 0 Å². The Morgan fingerprint density at radius 1 is 1.44 bits per heavy atom. The summed E-state index contributed by atoms with van der Waals surface area (Å²) in [5.41, 5.74) is 0. The second-order valence-corrected chi connectivity index (χ2v) is 6.85. The fraction of sp³-hybridized carbons (Fsp3) is 0.900. The van der Waals surface area contributed by atoms with E-state index in [1.54, 1.807) is 4.90 Å². The maximum Gasteiger partial charge on any atom is 0.240 e. The van der Waals surface area contributed by atoms with Crippen LogP contribution in [0.4, 0.5) is 0 Å². The average molecular weight is 248 g/mol. The molecule has 3 atom stereocenters. The van der Waals surface area contributed by atoms with Crippen LogP contribution < -0.4 is 5.32 Å². The zero-order chi connectivity index (χ0) is 12.5. The molecule has 0 aromatic rings. The normalized spacial score (nSPS) is 28.9. The standard InChI is InChI=1S/C10H20N2O3S/c1-7-8(2)12(6-5-11-7)10(13)9(3)16(4,14)15/h7-9,11H,5-6H2,1-4H3. The summed E-state index contributed by atoms with van der Waals surface area (Å²) in [6, 6.07) is 0.231. The van der Waals surface area contributed by atoms with Crippen molar-refractivity contribution in [2.24, 2.45) is 0 Å². The minimum Gasteiger partial charge on any atom is -0.336 e. The Morgan fingerprint density at radius 2 is 2.00 bits per heavy atom. The summed E-state index contributed by atoms with van der Waals surface area (Å²) < 4.78 is 22.7. The van der Waals surface area contributed by atoms with Crippen molar-refractivity contribution in [3.63, 3.8) is 0 Å². The van der Waals surface area contributed by atoms with Crippen molar-refractivity contribution in [3.05, 3.63) is 0 Å². The minimum absolute atomic E-state index is 0.0328. The van der Waals surface area contributed by atoms with Crippen molar-refractivity contribution in [3.8, 4) is 0 Å². The molecule has 0 aromatic carbocycles. The van der Waals surface area contributed by atoms with E-state index in [0.717, 1.165) is 6.26 Å². The van der Waals surface area contributed by atoms with Crippen molar-refractivity contribution in [1.29, 1.82) is 0 Å². The number of hydrogen-bond donors (Lipinski definition) is 1. The number of rotatable bonds is 2. The molecule has 1 fully saturated rings. The molecule has 1 rings (SSSR count). The molecule has 1 aliphatic rings. The Balaban J connectivity index is 2.81. The summed E-state index contributed by atoms with van der Waals surface area (Å²) in [6.07, 6.45) is 1.10. The van der Waals surface area contributed by atoms with E-state index < -0.39 is 15.1 Å². The van der Waals surface area contributed by atoms with Gasteiger partial charge in [0.1, 0.15) is 5.25 Å². The van der Waals surface area contributed by atoms with Gasteiger partial charge in [0.05, 0.1) is 0 Å². The van der Waals surface area contributed by atoms with Gasteiger partial charge in [-0.25, -0.2) is 8.42 Å². The van der Waals surface area contributed by atoms with E-state index in [2.05, 4.69) is 5.32 Å². The number of piperazine rings is 1.